The van der Waals surface area contributed by atoms with E-state index in [0.29, 0.717) is 30.0 Å². The van der Waals surface area contributed by atoms with E-state index < -0.39 is 0 Å². The summed E-state index contributed by atoms with van der Waals surface area (Å²) >= 11 is 0. The highest BCUT2D eigenvalue weighted by molar-refractivity contribution is 5.79. The van der Waals surface area contributed by atoms with Gasteiger partial charge in [-0.15, -0.1) is 0 Å². The van der Waals surface area contributed by atoms with Crippen LogP contribution in [0.25, 0.3) is 0 Å². The third-order valence-corrected chi connectivity index (χ3v) is 4.75. The quantitative estimate of drug-likeness (QED) is 0.926. The molecule has 0 aliphatic carbocycles. The SMILES string of the molecule is Cc1nc(C)c(CC(=O)N2CCC[C@H]2Cc2ccc(F)cc2)c(=O)[nH]1. The largest absolute Gasteiger partial charge is 0.339 e. The first-order chi connectivity index (χ1) is 11.9. The number of carbonyl (C=O) groups excluding carboxylic acids is 1. The molecule has 0 radical (unpaired) electrons. The third kappa shape index (κ3) is 3.95. The topological polar surface area (TPSA) is 66.1 Å². The first-order valence-electron chi connectivity index (χ1n) is 8.54. The molecule has 0 saturated carbocycles. The van der Waals surface area contributed by atoms with Gasteiger partial charge in [-0.3, -0.25) is 9.59 Å². The second-order valence-corrected chi connectivity index (χ2v) is 6.61. The van der Waals surface area contributed by atoms with Crippen molar-refractivity contribution in [3.63, 3.8) is 0 Å². The fourth-order valence-corrected chi connectivity index (χ4v) is 3.48. The van der Waals surface area contributed by atoms with Crippen molar-refractivity contribution in [3.05, 3.63) is 63.1 Å². The molecule has 1 amide bonds. The standard InChI is InChI=1S/C19H22FN3O2/c1-12-17(19(25)22-13(2)21-12)11-18(24)23-9-3-4-16(23)10-14-5-7-15(20)8-6-14/h5-8,16H,3-4,9-11H2,1-2H3,(H,21,22,25)/t16-/m0/s1. The number of nitrogens with zero attached hydrogens (tertiary/aromatic N) is 2. The monoisotopic (exact) mass is 343 g/mol. The highest BCUT2D eigenvalue weighted by atomic mass is 19.1. The van der Waals surface area contributed by atoms with Gasteiger partial charge in [0.25, 0.3) is 5.56 Å². The Bertz CT molecular complexity index is 830. The Balaban J connectivity index is 1.73. The Morgan fingerprint density at radius 2 is 2.04 bits per heavy atom. The molecule has 1 aliphatic rings. The van der Waals surface area contributed by atoms with Crippen molar-refractivity contribution >= 4 is 5.91 Å². The van der Waals surface area contributed by atoms with Gasteiger partial charge in [0.05, 0.1) is 6.42 Å². The second-order valence-electron chi connectivity index (χ2n) is 6.61. The summed E-state index contributed by atoms with van der Waals surface area (Å²) in [5, 5.41) is 0. The van der Waals surface area contributed by atoms with Crippen LogP contribution >= 0.6 is 0 Å². The Labute approximate surface area is 145 Å². The molecule has 132 valence electrons. The summed E-state index contributed by atoms with van der Waals surface area (Å²) in [6.07, 6.45) is 2.63. The van der Waals surface area contributed by atoms with Crippen molar-refractivity contribution in [1.82, 2.24) is 14.9 Å². The van der Waals surface area contributed by atoms with Gasteiger partial charge >= 0.3 is 0 Å². The summed E-state index contributed by atoms with van der Waals surface area (Å²) in [7, 11) is 0. The van der Waals surface area contributed by atoms with E-state index in [0.717, 1.165) is 18.4 Å². The number of likely N-dealkylation sites (tertiary alicyclic amines) is 1. The van der Waals surface area contributed by atoms with Crippen LogP contribution in [-0.2, 0) is 17.6 Å². The van der Waals surface area contributed by atoms with Crippen LogP contribution in [0.2, 0.25) is 0 Å². The molecule has 1 aliphatic heterocycles. The van der Waals surface area contributed by atoms with Gasteiger partial charge in [0.15, 0.2) is 0 Å². The normalized spacial score (nSPS) is 17.1. The highest BCUT2D eigenvalue weighted by Gasteiger charge is 2.29. The summed E-state index contributed by atoms with van der Waals surface area (Å²) in [6, 6.07) is 6.49. The minimum atomic E-state index is -0.260. The molecule has 5 nitrogen and oxygen atoms in total. The second kappa shape index (κ2) is 7.17. The molecule has 0 bridgehead atoms. The minimum Gasteiger partial charge on any atom is -0.339 e. The molecule has 25 heavy (non-hydrogen) atoms. The number of rotatable bonds is 4. The number of aryl methyl sites for hydroxylation is 2. The van der Waals surface area contributed by atoms with Crippen molar-refractivity contribution < 1.29 is 9.18 Å². The predicted octanol–water partition coefficient (Wildman–Crippen LogP) is 2.30. The number of benzene rings is 1. The average Bonchev–Trinajstić information content (AvgIpc) is 3.01. The maximum Gasteiger partial charge on any atom is 0.254 e. The van der Waals surface area contributed by atoms with Gasteiger partial charge in [-0.2, -0.15) is 0 Å². The molecular weight excluding hydrogens is 321 g/mol. The number of halogens is 1. The number of amides is 1. The van der Waals surface area contributed by atoms with Crippen LogP contribution in [0.15, 0.2) is 29.1 Å². The molecule has 0 spiro atoms. The highest BCUT2D eigenvalue weighted by Crippen LogP contribution is 2.22. The average molecular weight is 343 g/mol. The Morgan fingerprint density at radius 1 is 1.32 bits per heavy atom. The number of carbonyl (C=O) groups is 1. The van der Waals surface area contributed by atoms with Gasteiger partial charge in [0, 0.05) is 23.8 Å². The fraction of sp³-hybridized carbons (Fsp3) is 0.421. The Morgan fingerprint density at radius 3 is 2.72 bits per heavy atom. The zero-order valence-electron chi connectivity index (χ0n) is 14.5. The number of aromatic nitrogens is 2. The first kappa shape index (κ1) is 17.3. The third-order valence-electron chi connectivity index (χ3n) is 4.75. The molecule has 1 aromatic heterocycles. The fourth-order valence-electron chi connectivity index (χ4n) is 3.48. The van der Waals surface area contributed by atoms with E-state index in [-0.39, 0.29) is 29.7 Å². The van der Waals surface area contributed by atoms with E-state index in [1.165, 1.54) is 12.1 Å². The van der Waals surface area contributed by atoms with Crippen LogP contribution in [0.5, 0.6) is 0 Å². The molecule has 1 saturated heterocycles. The first-order valence-corrected chi connectivity index (χ1v) is 8.54. The van der Waals surface area contributed by atoms with Crippen LogP contribution in [0, 0.1) is 19.7 Å². The van der Waals surface area contributed by atoms with E-state index in [4.69, 9.17) is 0 Å². The van der Waals surface area contributed by atoms with Crippen LogP contribution in [0.1, 0.15) is 35.5 Å². The lowest BCUT2D eigenvalue weighted by Crippen LogP contribution is -2.39. The lowest BCUT2D eigenvalue weighted by atomic mass is 10.0. The van der Waals surface area contributed by atoms with E-state index in [2.05, 4.69) is 9.97 Å². The van der Waals surface area contributed by atoms with E-state index in [1.54, 1.807) is 26.0 Å². The molecule has 1 N–H and O–H groups in total. The number of aromatic amines is 1. The maximum absolute atomic E-state index is 13.0. The zero-order valence-corrected chi connectivity index (χ0v) is 14.5. The maximum atomic E-state index is 13.0. The van der Waals surface area contributed by atoms with Crippen LogP contribution in [0.4, 0.5) is 4.39 Å². The summed E-state index contributed by atoms with van der Waals surface area (Å²) in [4.78, 5) is 33.6. The molecule has 3 rings (SSSR count). The summed E-state index contributed by atoms with van der Waals surface area (Å²) in [5.74, 6) is 0.239. The molecule has 1 fully saturated rings. The van der Waals surface area contributed by atoms with Gasteiger partial charge in [-0.05, 0) is 50.8 Å². The van der Waals surface area contributed by atoms with Crippen LogP contribution in [0.3, 0.4) is 0 Å². The predicted molar refractivity (Wildman–Crippen MR) is 92.9 cm³/mol. The van der Waals surface area contributed by atoms with Gasteiger partial charge in [-0.1, -0.05) is 12.1 Å². The number of hydrogen-bond donors (Lipinski definition) is 1. The summed E-state index contributed by atoms with van der Waals surface area (Å²) in [6.45, 7) is 4.17. The lowest BCUT2D eigenvalue weighted by molar-refractivity contribution is -0.131. The molecule has 2 heterocycles. The smallest absolute Gasteiger partial charge is 0.254 e. The minimum absolute atomic E-state index is 0.0520. The van der Waals surface area contributed by atoms with Crippen LogP contribution < -0.4 is 5.56 Å². The molecule has 0 unspecified atom stereocenters. The zero-order chi connectivity index (χ0) is 18.0. The lowest BCUT2D eigenvalue weighted by Gasteiger charge is -2.25. The van der Waals surface area contributed by atoms with E-state index in [9.17, 15) is 14.0 Å². The van der Waals surface area contributed by atoms with Gasteiger partial charge in [0.2, 0.25) is 5.91 Å². The molecular formula is C19H22FN3O2. The van der Waals surface area contributed by atoms with Crippen molar-refractivity contribution in [2.24, 2.45) is 0 Å². The van der Waals surface area contributed by atoms with Crippen molar-refractivity contribution in [2.75, 3.05) is 6.54 Å². The molecule has 1 atom stereocenters. The van der Waals surface area contributed by atoms with Crippen molar-refractivity contribution in [3.8, 4) is 0 Å². The summed E-state index contributed by atoms with van der Waals surface area (Å²) in [5.41, 5.74) is 1.80. The van der Waals surface area contributed by atoms with Crippen molar-refractivity contribution in [2.45, 2.75) is 45.6 Å². The van der Waals surface area contributed by atoms with E-state index >= 15 is 0 Å². The van der Waals surface area contributed by atoms with Gasteiger partial charge in [0.1, 0.15) is 11.6 Å². The Kier molecular flexibility index (Phi) is 4.97. The Hall–Kier alpha value is -2.50. The van der Waals surface area contributed by atoms with E-state index in [1.807, 2.05) is 4.90 Å². The molecule has 2 aromatic rings. The van der Waals surface area contributed by atoms with Crippen molar-refractivity contribution in [1.29, 1.82) is 0 Å². The molecule has 6 heteroatoms. The number of hydrogen-bond acceptors (Lipinski definition) is 3. The van der Waals surface area contributed by atoms with Crippen LogP contribution in [-0.4, -0.2) is 33.4 Å². The number of nitrogens with one attached hydrogen (secondary N) is 1. The van der Waals surface area contributed by atoms with Gasteiger partial charge in [-0.25, -0.2) is 9.37 Å². The number of H-pyrrole nitrogens is 1. The van der Waals surface area contributed by atoms with Gasteiger partial charge < -0.3 is 9.88 Å². The molecule has 1 aromatic carbocycles. The summed E-state index contributed by atoms with van der Waals surface area (Å²) < 4.78 is 13.0.